The minimum absolute atomic E-state index is 0.0208. The van der Waals surface area contributed by atoms with E-state index in [-0.39, 0.29) is 5.54 Å². The number of aromatic nitrogens is 3. The molecule has 1 saturated carbocycles. The molecule has 1 saturated heterocycles. The van der Waals surface area contributed by atoms with Crippen LogP contribution in [0.25, 0.3) is 11.3 Å². The predicted octanol–water partition coefficient (Wildman–Crippen LogP) is 2.34. The van der Waals surface area contributed by atoms with Gasteiger partial charge >= 0.3 is 0 Å². The second-order valence-corrected chi connectivity index (χ2v) is 7.65. The van der Waals surface area contributed by atoms with E-state index in [0.717, 1.165) is 31.7 Å². The minimum Gasteiger partial charge on any atom is -0.382 e. The Morgan fingerprint density at radius 2 is 1.96 bits per heavy atom. The molecule has 24 heavy (non-hydrogen) atoms. The van der Waals surface area contributed by atoms with Crippen LogP contribution in [0.15, 0.2) is 24.5 Å². The zero-order valence-electron chi connectivity index (χ0n) is 13.6. The Morgan fingerprint density at radius 3 is 2.58 bits per heavy atom. The third-order valence-corrected chi connectivity index (χ3v) is 5.46. The van der Waals surface area contributed by atoms with E-state index in [4.69, 9.17) is 23.1 Å². The highest BCUT2D eigenvalue weighted by Gasteiger charge is 2.45. The van der Waals surface area contributed by atoms with Crippen LogP contribution in [0.4, 0.5) is 11.6 Å². The molecule has 0 unspecified atom stereocenters. The fourth-order valence-corrected chi connectivity index (χ4v) is 4.39. The maximum absolute atomic E-state index is 6.29. The smallest absolute Gasteiger partial charge is 0.152 e. The summed E-state index contributed by atoms with van der Waals surface area (Å²) in [5, 5.41) is 0.379. The van der Waals surface area contributed by atoms with Gasteiger partial charge in [-0.15, -0.1) is 0 Å². The fourth-order valence-electron chi connectivity index (χ4n) is 4.19. The third kappa shape index (κ3) is 2.70. The Morgan fingerprint density at radius 1 is 1.25 bits per heavy atom. The van der Waals surface area contributed by atoms with Gasteiger partial charge in [0.2, 0.25) is 0 Å². The molecule has 126 valence electrons. The van der Waals surface area contributed by atoms with E-state index in [1.807, 2.05) is 12.1 Å². The number of pyridine rings is 1. The molecule has 1 aliphatic carbocycles. The summed E-state index contributed by atoms with van der Waals surface area (Å²) in [6.45, 7) is 4.09. The maximum Gasteiger partial charge on any atom is 0.152 e. The largest absolute Gasteiger partial charge is 0.382 e. The molecule has 2 aromatic rings. The number of halogens is 1. The lowest BCUT2D eigenvalue weighted by atomic mass is 10.00. The molecule has 4 N–H and O–H groups in total. The van der Waals surface area contributed by atoms with E-state index in [2.05, 4.69) is 26.8 Å². The zero-order valence-corrected chi connectivity index (χ0v) is 14.4. The van der Waals surface area contributed by atoms with E-state index in [1.165, 1.54) is 0 Å². The Hall–Kier alpha value is -1.92. The Kier molecular flexibility index (Phi) is 3.62. The van der Waals surface area contributed by atoms with Crippen LogP contribution in [0.2, 0.25) is 5.15 Å². The van der Waals surface area contributed by atoms with Crippen LogP contribution < -0.4 is 16.4 Å². The van der Waals surface area contributed by atoms with Gasteiger partial charge in [0.05, 0.1) is 6.20 Å². The zero-order chi connectivity index (χ0) is 16.9. The van der Waals surface area contributed by atoms with Gasteiger partial charge in [0, 0.05) is 30.4 Å². The van der Waals surface area contributed by atoms with Crippen molar-refractivity contribution in [3.8, 4) is 11.3 Å². The lowest BCUT2D eigenvalue weighted by molar-refractivity contribution is 0.449. The van der Waals surface area contributed by atoms with Gasteiger partial charge < -0.3 is 16.4 Å². The van der Waals surface area contributed by atoms with Crippen LogP contribution in [0, 0.1) is 11.8 Å². The second-order valence-electron chi connectivity index (χ2n) is 7.29. The molecule has 3 heterocycles. The molecule has 0 spiro atoms. The summed E-state index contributed by atoms with van der Waals surface area (Å²) in [6.07, 6.45) is 5.55. The van der Waals surface area contributed by atoms with Crippen LogP contribution in [0.1, 0.15) is 19.8 Å². The fraction of sp³-hybridized carbons (Fsp3) is 0.471. The number of nitrogens with zero attached hydrogens (tertiary/aromatic N) is 4. The van der Waals surface area contributed by atoms with Crippen molar-refractivity contribution in [2.24, 2.45) is 17.6 Å². The van der Waals surface area contributed by atoms with Gasteiger partial charge in [0.25, 0.3) is 0 Å². The average Bonchev–Trinajstić information content (AvgIpc) is 3.01. The molecule has 6 nitrogen and oxygen atoms in total. The van der Waals surface area contributed by atoms with Crippen molar-refractivity contribution in [1.29, 1.82) is 0 Å². The summed E-state index contributed by atoms with van der Waals surface area (Å²) < 4.78 is 0. The van der Waals surface area contributed by atoms with Gasteiger partial charge in [-0.2, -0.15) is 0 Å². The molecule has 1 aliphatic heterocycles. The van der Waals surface area contributed by atoms with Crippen molar-refractivity contribution < 1.29 is 0 Å². The van der Waals surface area contributed by atoms with Gasteiger partial charge in [-0.05, 0) is 43.7 Å². The molecule has 2 aliphatic rings. The lowest BCUT2D eigenvalue weighted by Crippen LogP contribution is -2.35. The first-order valence-electron chi connectivity index (χ1n) is 8.20. The highest BCUT2D eigenvalue weighted by atomic mass is 35.5. The van der Waals surface area contributed by atoms with E-state index >= 15 is 0 Å². The van der Waals surface area contributed by atoms with Crippen LogP contribution in [0.5, 0.6) is 0 Å². The van der Waals surface area contributed by atoms with Crippen molar-refractivity contribution >= 4 is 23.2 Å². The Labute approximate surface area is 146 Å². The first-order valence-corrected chi connectivity index (χ1v) is 8.58. The Balaban J connectivity index is 1.57. The van der Waals surface area contributed by atoms with Gasteiger partial charge in [0.15, 0.2) is 5.82 Å². The Bertz CT molecular complexity index is 761. The quantitative estimate of drug-likeness (QED) is 0.812. The first kappa shape index (κ1) is 15.6. The highest BCUT2D eigenvalue weighted by molar-refractivity contribution is 6.32. The molecular formula is C17H21ClN6. The van der Waals surface area contributed by atoms with E-state index < -0.39 is 0 Å². The summed E-state index contributed by atoms with van der Waals surface area (Å²) in [6, 6.07) is 3.65. The van der Waals surface area contributed by atoms with Crippen LogP contribution >= 0.6 is 11.6 Å². The van der Waals surface area contributed by atoms with Gasteiger partial charge in [-0.1, -0.05) is 11.6 Å². The molecule has 3 atom stereocenters. The minimum atomic E-state index is -0.0208. The van der Waals surface area contributed by atoms with Crippen LogP contribution in [-0.4, -0.2) is 33.6 Å². The van der Waals surface area contributed by atoms with Crippen molar-refractivity contribution in [3.05, 3.63) is 29.7 Å². The summed E-state index contributed by atoms with van der Waals surface area (Å²) in [5.74, 6) is 2.47. The normalized spacial score (nSPS) is 29.0. The molecule has 2 fully saturated rings. The number of nitrogens with two attached hydrogens (primary N) is 2. The molecule has 0 amide bonds. The number of hydrogen-bond acceptors (Lipinski definition) is 6. The van der Waals surface area contributed by atoms with Crippen molar-refractivity contribution in [3.63, 3.8) is 0 Å². The van der Waals surface area contributed by atoms with E-state index in [1.54, 1.807) is 12.4 Å². The summed E-state index contributed by atoms with van der Waals surface area (Å²) in [4.78, 5) is 15.4. The van der Waals surface area contributed by atoms with Crippen molar-refractivity contribution in [1.82, 2.24) is 15.0 Å². The topological polar surface area (TPSA) is 94.0 Å². The number of hydrogen-bond donors (Lipinski definition) is 2. The SMILES string of the molecule is C[C@@]1(N)C[C@H]2CN(c3cnc(-c4cccnc4Cl)c(N)n3)C[C@H]2C1. The second kappa shape index (κ2) is 5.57. The number of fused-ring (bicyclic) bond motifs is 1. The monoisotopic (exact) mass is 344 g/mol. The summed E-state index contributed by atoms with van der Waals surface area (Å²) in [5.41, 5.74) is 13.7. The lowest BCUT2D eigenvalue weighted by Gasteiger charge is -2.23. The number of nitrogen functional groups attached to an aromatic ring is 1. The maximum atomic E-state index is 6.29. The van der Waals surface area contributed by atoms with Gasteiger partial charge in [-0.25, -0.2) is 15.0 Å². The summed E-state index contributed by atoms with van der Waals surface area (Å²) in [7, 11) is 0. The molecule has 0 radical (unpaired) electrons. The molecule has 7 heteroatoms. The number of anilines is 2. The van der Waals surface area contributed by atoms with Gasteiger partial charge in [0.1, 0.15) is 16.7 Å². The summed E-state index contributed by atoms with van der Waals surface area (Å²) >= 11 is 6.13. The molecule has 4 rings (SSSR count). The van der Waals surface area contributed by atoms with Crippen molar-refractivity contribution in [2.75, 3.05) is 23.7 Å². The molecule has 0 aromatic carbocycles. The van der Waals surface area contributed by atoms with Gasteiger partial charge in [-0.3, -0.25) is 0 Å². The first-order chi connectivity index (χ1) is 11.4. The average molecular weight is 345 g/mol. The molecule has 2 aromatic heterocycles. The third-order valence-electron chi connectivity index (χ3n) is 5.16. The molecular weight excluding hydrogens is 324 g/mol. The molecule has 0 bridgehead atoms. The predicted molar refractivity (Wildman–Crippen MR) is 95.7 cm³/mol. The van der Waals surface area contributed by atoms with Crippen LogP contribution in [0.3, 0.4) is 0 Å². The van der Waals surface area contributed by atoms with E-state index in [0.29, 0.717) is 34.1 Å². The van der Waals surface area contributed by atoms with Crippen molar-refractivity contribution in [2.45, 2.75) is 25.3 Å². The highest BCUT2D eigenvalue weighted by Crippen LogP contribution is 2.43. The standard InChI is InChI=1S/C17H21ClN6/c1-17(20)5-10-8-24(9-11(10)6-17)13-7-22-14(16(19)23-13)12-3-2-4-21-15(12)18/h2-4,7,10-11H,5-6,8-9,20H2,1H3,(H2,19,23)/t10-,11+,17+. The van der Waals surface area contributed by atoms with E-state index in [9.17, 15) is 0 Å². The van der Waals surface area contributed by atoms with Crippen LogP contribution in [-0.2, 0) is 0 Å². The number of rotatable bonds is 2.